The van der Waals surface area contributed by atoms with Crippen molar-refractivity contribution in [3.63, 3.8) is 0 Å². The molecule has 3 nitrogen and oxygen atoms in total. The van der Waals surface area contributed by atoms with Crippen molar-refractivity contribution in [1.82, 2.24) is 0 Å². The Kier molecular flexibility index (Phi) is 6.19. The Bertz CT molecular complexity index is 1180. The van der Waals surface area contributed by atoms with Crippen LogP contribution in [-0.2, 0) is 0 Å². The monoisotopic (exact) mass is 426 g/mol. The van der Waals surface area contributed by atoms with Gasteiger partial charge in [-0.3, -0.25) is 4.79 Å². The van der Waals surface area contributed by atoms with Crippen LogP contribution in [0.1, 0.15) is 43.5 Å². The summed E-state index contributed by atoms with van der Waals surface area (Å²) < 4.78 is 0. The van der Waals surface area contributed by atoms with Crippen molar-refractivity contribution in [1.29, 1.82) is 0 Å². The predicted molar refractivity (Wildman–Crippen MR) is 131 cm³/mol. The third-order valence-corrected chi connectivity index (χ3v) is 6.70. The van der Waals surface area contributed by atoms with Gasteiger partial charge in [0.15, 0.2) is 0 Å². The molecule has 156 valence electrons. The summed E-state index contributed by atoms with van der Waals surface area (Å²) in [6, 6.07) is 28.0. The van der Waals surface area contributed by atoms with Crippen LogP contribution in [-0.4, -0.2) is 5.91 Å². The summed E-state index contributed by atoms with van der Waals surface area (Å²) in [7, 11) is 0. The third-order valence-electron chi connectivity index (χ3n) is 5.56. The Morgan fingerprint density at radius 3 is 2.10 bits per heavy atom. The molecule has 1 atom stereocenters. The summed E-state index contributed by atoms with van der Waals surface area (Å²) in [5.74, 6) is -0.0918. The minimum Gasteiger partial charge on any atom is -0.374 e. The number of nitrogens with one attached hydrogen (secondary N) is 2. The first-order chi connectivity index (χ1) is 15.0. The van der Waals surface area contributed by atoms with E-state index in [1.54, 1.807) is 11.3 Å². The fourth-order valence-electron chi connectivity index (χ4n) is 3.71. The van der Waals surface area contributed by atoms with Gasteiger partial charge in [-0.25, -0.2) is 0 Å². The number of benzene rings is 3. The summed E-state index contributed by atoms with van der Waals surface area (Å²) in [4.78, 5) is 14.1. The van der Waals surface area contributed by atoms with Crippen LogP contribution >= 0.6 is 11.3 Å². The standard InChI is InChI=1S/C27H26N2OS/c1-18-12-10-11-17-23(18)28-25(21-13-6-4-7-14-21)24-19(2)20(3)31-27(24)29-26(30)22-15-8-5-9-16-22/h4-17,25,28H,1-3H3,(H,29,30)/t25-/m0/s1. The molecule has 0 bridgehead atoms. The molecule has 0 radical (unpaired) electrons. The molecule has 1 aromatic heterocycles. The van der Waals surface area contributed by atoms with Crippen molar-refractivity contribution >= 4 is 27.9 Å². The molecule has 31 heavy (non-hydrogen) atoms. The van der Waals surface area contributed by atoms with Gasteiger partial charge in [-0.05, 0) is 55.7 Å². The number of anilines is 2. The molecule has 0 saturated carbocycles. The zero-order valence-electron chi connectivity index (χ0n) is 18.0. The van der Waals surface area contributed by atoms with E-state index in [2.05, 4.69) is 67.8 Å². The molecular weight excluding hydrogens is 400 g/mol. The summed E-state index contributed by atoms with van der Waals surface area (Å²) >= 11 is 1.63. The Labute approximate surface area is 187 Å². The first-order valence-corrected chi connectivity index (χ1v) is 11.2. The number of thiophene rings is 1. The number of aryl methyl sites for hydroxylation is 2. The molecule has 4 rings (SSSR count). The van der Waals surface area contributed by atoms with E-state index in [9.17, 15) is 4.79 Å². The molecular formula is C27H26N2OS. The minimum atomic E-state index is -0.0918. The average Bonchev–Trinajstić information content (AvgIpc) is 3.07. The van der Waals surface area contributed by atoms with Crippen molar-refractivity contribution in [2.45, 2.75) is 26.8 Å². The van der Waals surface area contributed by atoms with Crippen LogP contribution in [0.4, 0.5) is 10.7 Å². The van der Waals surface area contributed by atoms with E-state index in [1.165, 1.54) is 16.0 Å². The van der Waals surface area contributed by atoms with Crippen LogP contribution in [0.15, 0.2) is 84.9 Å². The van der Waals surface area contributed by atoms with Gasteiger partial charge in [0.2, 0.25) is 0 Å². The molecule has 2 N–H and O–H groups in total. The summed E-state index contributed by atoms with van der Waals surface area (Å²) in [5, 5.41) is 7.81. The van der Waals surface area contributed by atoms with E-state index in [-0.39, 0.29) is 11.9 Å². The van der Waals surface area contributed by atoms with E-state index >= 15 is 0 Å². The largest absolute Gasteiger partial charge is 0.374 e. The zero-order valence-corrected chi connectivity index (χ0v) is 18.8. The second-order valence-electron chi connectivity index (χ2n) is 7.65. The van der Waals surface area contributed by atoms with E-state index in [0.29, 0.717) is 5.56 Å². The quantitative estimate of drug-likeness (QED) is 0.344. The van der Waals surface area contributed by atoms with Gasteiger partial charge in [0, 0.05) is 21.7 Å². The molecule has 0 fully saturated rings. The molecule has 0 aliphatic heterocycles. The van der Waals surface area contributed by atoms with Gasteiger partial charge in [0.25, 0.3) is 5.91 Å². The Balaban J connectivity index is 1.78. The van der Waals surface area contributed by atoms with Gasteiger partial charge < -0.3 is 10.6 Å². The maximum Gasteiger partial charge on any atom is 0.256 e. The number of amides is 1. The van der Waals surface area contributed by atoms with E-state index in [4.69, 9.17) is 0 Å². The van der Waals surface area contributed by atoms with Gasteiger partial charge >= 0.3 is 0 Å². The lowest BCUT2D eigenvalue weighted by atomic mass is 9.95. The molecule has 4 heteroatoms. The molecule has 3 aromatic carbocycles. The lowest BCUT2D eigenvalue weighted by Crippen LogP contribution is -2.17. The second-order valence-corrected chi connectivity index (χ2v) is 8.87. The van der Waals surface area contributed by atoms with Gasteiger partial charge in [0.05, 0.1) is 6.04 Å². The van der Waals surface area contributed by atoms with Gasteiger partial charge in [0.1, 0.15) is 5.00 Å². The summed E-state index contributed by atoms with van der Waals surface area (Å²) in [5.41, 5.74) is 6.38. The van der Waals surface area contributed by atoms with Crippen molar-refractivity contribution in [2.24, 2.45) is 0 Å². The lowest BCUT2D eigenvalue weighted by molar-refractivity contribution is 0.102. The van der Waals surface area contributed by atoms with E-state index in [1.807, 2.05) is 48.5 Å². The number of rotatable bonds is 6. The van der Waals surface area contributed by atoms with E-state index in [0.717, 1.165) is 21.8 Å². The van der Waals surface area contributed by atoms with Crippen molar-refractivity contribution in [3.8, 4) is 0 Å². The van der Waals surface area contributed by atoms with Gasteiger partial charge in [-0.15, -0.1) is 11.3 Å². The number of hydrogen-bond donors (Lipinski definition) is 2. The third kappa shape index (κ3) is 4.54. The molecule has 1 amide bonds. The maximum atomic E-state index is 12.9. The fourth-order valence-corrected chi connectivity index (χ4v) is 4.80. The first kappa shape index (κ1) is 20.9. The van der Waals surface area contributed by atoms with Crippen LogP contribution < -0.4 is 10.6 Å². The lowest BCUT2D eigenvalue weighted by Gasteiger charge is -2.24. The number of carbonyl (C=O) groups is 1. The first-order valence-electron chi connectivity index (χ1n) is 10.4. The van der Waals surface area contributed by atoms with Crippen molar-refractivity contribution in [2.75, 3.05) is 10.6 Å². The molecule has 0 aliphatic rings. The number of carbonyl (C=O) groups excluding carboxylic acids is 1. The van der Waals surface area contributed by atoms with Crippen LogP contribution in [0.3, 0.4) is 0 Å². The van der Waals surface area contributed by atoms with E-state index < -0.39 is 0 Å². The highest BCUT2D eigenvalue weighted by atomic mass is 32.1. The molecule has 0 aliphatic carbocycles. The van der Waals surface area contributed by atoms with Crippen LogP contribution in [0.2, 0.25) is 0 Å². The van der Waals surface area contributed by atoms with Gasteiger partial charge in [-0.2, -0.15) is 0 Å². The molecule has 1 heterocycles. The number of hydrogen-bond acceptors (Lipinski definition) is 3. The Morgan fingerprint density at radius 1 is 0.806 bits per heavy atom. The Hall–Kier alpha value is -3.37. The second kappa shape index (κ2) is 9.19. The molecule has 0 spiro atoms. The minimum absolute atomic E-state index is 0.0849. The number of para-hydroxylation sites is 1. The average molecular weight is 427 g/mol. The predicted octanol–water partition coefficient (Wildman–Crippen LogP) is 7.13. The highest BCUT2D eigenvalue weighted by molar-refractivity contribution is 7.16. The van der Waals surface area contributed by atoms with Crippen LogP contribution in [0.25, 0.3) is 0 Å². The van der Waals surface area contributed by atoms with Crippen LogP contribution in [0.5, 0.6) is 0 Å². The highest BCUT2D eigenvalue weighted by Gasteiger charge is 2.25. The van der Waals surface area contributed by atoms with Crippen LogP contribution in [0, 0.1) is 20.8 Å². The topological polar surface area (TPSA) is 41.1 Å². The fraction of sp³-hybridized carbons (Fsp3) is 0.148. The van der Waals surface area contributed by atoms with Crippen molar-refractivity contribution < 1.29 is 4.79 Å². The van der Waals surface area contributed by atoms with Crippen molar-refractivity contribution in [3.05, 3.63) is 118 Å². The normalized spacial score (nSPS) is 11.7. The highest BCUT2D eigenvalue weighted by Crippen LogP contribution is 2.41. The SMILES string of the molecule is Cc1ccccc1N[C@@H](c1ccccc1)c1c(NC(=O)c2ccccc2)sc(C)c1C. The molecule has 0 saturated heterocycles. The maximum absolute atomic E-state index is 12.9. The molecule has 4 aromatic rings. The molecule has 0 unspecified atom stereocenters. The zero-order chi connectivity index (χ0) is 21.8. The summed E-state index contributed by atoms with van der Waals surface area (Å²) in [6.07, 6.45) is 0. The Morgan fingerprint density at radius 2 is 1.42 bits per heavy atom. The smallest absolute Gasteiger partial charge is 0.256 e. The summed E-state index contributed by atoms with van der Waals surface area (Å²) in [6.45, 7) is 6.35. The van der Waals surface area contributed by atoms with Gasteiger partial charge in [-0.1, -0.05) is 66.7 Å².